The maximum absolute atomic E-state index is 6.12. The molecule has 6 nitrogen and oxygen atoms in total. The highest BCUT2D eigenvalue weighted by atomic mass is 35.5. The van der Waals surface area contributed by atoms with Crippen LogP contribution in [0.3, 0.4) is 0 Å². The van der Waals surface area contributed by atoms with Crippen LogP contribution >= 0.6 is 11.6 Å². The average molecular weight is 290 g/mol. The van der Waals surface area contributed by atoms with Gasteiger partial charge in [0.2, 0.25) is 5.95 Å². The standard InChI is InChI=1S/C13H12ClN5O/c1-9-4-5-10(7-12(9)14)19-13(16-17-18-19)15-8-11-3-2-6-20-11/h2-7H,8H2,1H3,(H,15,16,18). The van der Waals surface area contributed by atoms with Gasteiger partial charge in [0, 0.05) is 5.02 Å². The van der Waals surface area contributed by atoms with Crippen molar-refractivity contribution in [1.29, 1.82) is 0 Å². The summed E-state index contributed by atoms with van der Waals surface area (Å²) in [5.41, 5.74) is 1.81. The zero-order valence-corrected chi connectivity index (χ0v) is 11.5. The first-order valence-corrected chi connectivity index (χ1v) is 6.43. The van der Waals surface area contributed by atoms with Gasteiger partial charge < -0.3 is 9.73 Å². The lowest BCUT2D eigenvalue weighted by atomic mass is 10.2. The van der Waals surface area contributed by atoms with Gasteiger partial charge in [-0.15, -0.1) is 0 Å². The monoisotopic (exact) mass is 289 g/mol. The van der Waals surface area contributed by atoms with Crippen LogP contribution in [-0.4, -0.2) is 20.2 Å². The van der Waals surface area contributed by atoms with E-state index in [2.05, 4.69) is 20.8 Å². The van der Waals surface area contributed by atoms with Crippen LogP contribution in [0.4, 0.5) is 5.95 Å². The zero-order chi connectivity index (χ0) is 13.9. The molecule has 0 atom stereocenters. The third kappa shape index (κ3) is 2.50. The molecule has 0 radical (unpaired) electrons. The van der Waals surface area contributed by atoms with Gasteiger partial charge in [0.05, 0.1) is 18.5 Å². The normalized spacial score (nSPS) is 10.7. The molecule has 0 spiro atoms. The van der Waals surface area contributed by atoms with Gasteiger partial charge in [-0.05, 0) is 47.2 Å². The van der Waals surface area contributed by atoms with E-state index >= 15 is 0 Å². The molecule has 1 N–H and O–H groups in total. The average Bonchev–Trinajstić information content (AvgIpc) is 3.10. The van der Waals surface area contributed by atoms with E-state index in [9.17, 15) is 0 Å². The van der Waals surface area contributed by atoms with Crippen molar-refractivity contribution in [2.75, 3.05) is 5.32 Å². The molecule has 0 bridgehead atoms. The molecule has 0 aliphatic rings. The van der Waals surface area contributed by atoms with Crippen LogP contribution in [-0.2, 0) is 6.54 Å². The third-order valence-electron chi connectivity index (χ3n) is 2.87. The molecule has 0 saturated heterocycles. The lowest BCUT2D eigenvalue weighted by molar-refractivity contribution is 0.517. The fourth-order valence-electron chi connectivity index (χ4n) is 1.76. The third-order valence-corrected chi connectivity index (χ3v) is 3.28. The van der Waals surface area contributed by atoms with Gasteiger partial charge in [0.1, 0.15) is 5.76 Å². The summed E-state index contributed by atoms with van der Waals surface area (Å²) >= 11 is 6.12. The number of furan rings is 1. The zero-order valence-electron chi connectivity index (χ0n) is 10.7. The number of aromatic nitrogens is 4. The number of nitrogens with zero attached hydrogens (tertiary/aromatic N) is 4. The number of rotatable bonds is 4. The number of nitrogens with one attached hydrogen (secondary N) is 1. The molecule has 1 aromatic carbocycles. The van der Waals surface area contributed by atoms with Crippen LogP contribution in [0.1, 0.15) is 11.3 Å². The van der Waals surface area contributed by atoms with Crippen molar-refractivity contribution in [3.8, 4) is 5.69 Å². The van der Waals surface area contributed by atoms with Crippen LogP contribution in [0.15, 0.2) is 41.0 Å². The van der Waals surface area contributed by atoms with E-state index in [0.717, 1.165) is 17.0 Å². The van der Waals surface area contributed by atoms with Crippen molar-refractivity contribution in [1.82, 2.24) is 20.2 Å². The van der Waals surface area contributed by atoms with E-state index in [1.807, 2.05) is 37.3 Å². The second-order valence-corrected chi connectivity index (χ2v) is 4.69. The quantitative estimate of drug-likeness (QED) is 0.800. The Bertz CT molecular complexity index is 707. The molecule has 2 heterocycles. The molecule has 0 amide bonds. The first kappa shape index (κ1) is 12.7. The molecule has 2 aromatic heterocycles. The topological polar surface area (TPSA) is 68.8 Å². The maximum atomic E-state index is 6.12. The fourth-order valence-corrected chi connectivity index (χ4v) is 1.94. The Hall–Kier alpha value is -2.34. The second kappa shape index (κ2) is 5.34. The minimum absolute atomic E-state index is 0.507. The summed E-state index contributed by atoms with van der Waals surface area (Å²) in [4.78, 5) is 0. The van der Waals surface area contributed by atoms with Crippen molar-refractivity contribution in [2.24, 2.45) is 0 Å². The van der Waals surface area contributed by atoms with Crippen molar-refractivity contribution in [3.63, 3.8) is 0 Å². The smallest absolute Gasteiger partial charge is 0.248 e. The number of anilines is 1. The summed E-state index contributed by atoms with van der Waals surface area (Å²) < 4.78 is 6.84. The first-order chi connectivity index (χ1) is 9.74. The molecular formula is C13H12ClN5O. The van der Waals surface area contributed by atoms with E-state index in [1.165, 1.54) is 0 Å². The second-order valence-electron chi connectivity index (χ2n) is 4.28. The number of tetrazole rings is 1. The number of hydrogen-bond donors (Lipinski definition) is 1. The SMILES string of the molecule is Cc1ccc(-n2nnnc2NCc2ccco2)cc1Cl. The highest BCUT2D eigenvalue weighted by Crippen LogP contribution is 2.20. The highest BCUT2D eigenvalue weighted by molar-refractivity contribution is 6.31. The van der Waals surface area contributed by atoms with Crippen molar-refractivity contribution < 1.29 is 4.42 Å². The van der Waals surface area contributed by atoms with E-state index in [1.54, 1.807) is 10.9 Å². The van der Waals surface area contributed by atoms with Gasteiger partial charge in [-0.3, -0.25) is 0 Å². The van der Waals surface area contributed by atoms with Gasteiger partial charge in [-0.25, -0.2) is 0 Å². The number of aryl methyl sites for hydroxylation is 1. The van der Waals surface area contributed by atoms with E-state index < -0.39 is 0 Å². The molecule has 0 fully saturated rings. The number of hydrogen-bond acceptors (Lipinski definition) is 5. The summed E-state index contributed by atoms with van der Waals surface area (Å²) in [7, 11) is 0. The Kier molecular flexibility index (Phi) is 3.39. The Labute approximate surface area is 120 Å². The van der Waals surface area contributed by atoms with Gasteiger partial charge in [-0.1, -0.05) is 22.8 Å². The van der Waals surface area contributed by atoms with Crippen LogP contribution in [0, 0.1) is 6.92 Å². The molecule has 20 heavy (non-hydrogen) atoms. The predicted molar refractivity (Wildman–Crippen MR) is 74.9 cm³/mol. The van der Waals surface area contributed by atoms with Crippen LogP contribution in [0.2, 0.25) is 5.02 Å². The van der Waals surface area contributed by atoms with E-state index in [4.69, 9.17) is 16.0 Å². The number of halogens is 1. The Balaban J connectivity index is 1.84. The highest BCUT2D eigenvalue weighted by Gasteiger charge is 2.09. The molecule has 102 valence electrons. The van der Waals surface area contributed by atoms with Crippen molar-refractivity contribution in [2.45, 2.75) is 13.5 Å². The van der Waals surface area contributed by atoms with Gasteiger partial charge in [0.25, 0.3) is 0 Å². The van der Waals surface area contributed by atoms with E-state index in [0.29, 0.717) is 17.5 Å². The first-order valence-electron chi connectivity index (χ1n) is 6.05. The Morgan fingerprint density at radius 2 is 2.25 bits per heavy atom. The molecule has 0 unspecified atom stereocenters. The fraction of sp³-hybridized carbons (Fsp3) is 0.154. The predicted octanol–water partition coefficient (Wildman–Crippen LogP) is 2.83. The summed E-state index contributed by atoms with van der Waals surface area (Å²) in [6.07, 6.45) is 1.62. The van der Waals surface area contributed by atoms with Crippen molar-refractivity contribution >= 4 is 17.5 Å². The number of benzene rings is 1. The van der Waals surface area contributed by atoms with Crippen molar-refractivity contribution in [3.05, 3.63) is 52.9 Å². The molecular weight excluding hydrogens is 278 g/mol. The van der Waals surface area contributed by atoms with Crippen LogP contribution in [0.5, 0.6) is 0 Å². The summed E-state index contributed by atoms with van der Waals surface area (Å²) in [6, 6.07) is 9.38. The molecule has 0 aliphatic carbocycles. The van der Waals surface area contributed by atoms with Crippen LogP contribution < -0.4 is 5.32 Å². The lowest BCUT2D eigenvalue weighted by Gasteiger charge is -2.07. The van der Waals surface area contributed by atoms with Gasteiger partial charge in [-0.2, -0.15) is 4.68 Å². The minimum Gasteiger partial charge on any atom is -0.467 e. The lowest BCUT2D eigenvalue weighted by Crippen LogP contribution is -2.07. The molecule has 7 heteroatoms. The summed E-state index contributed by atoms with van der Waals surface area (Å²) in [5.74, 6) is 1.34. The Morgan fingerprint density at radius 1 is 1.35 bits per heavy atom. The van der Waals surface area contributed by atoms with Crippen LogP contribution in [0.25, 0.3) is 5.69 Å². The maximum Gasteiger partial charge on any atom is 0.248 e. The van der Waals surface area contributed by atoms with Gasteiger partial charge in [0.15, 0.2) is 0 Å². The largest absolute Gasteiger partial charge is 0.467 e. The minimum atomic E-state index is 0.507. The molecule has 0 aliphatic heterocycles. The van der Waals surface area contributed by atoms with E-state index in [-0.39, 0.29) is 0 Å². The molecule has 0 saturated carbocycles. The molecule has 3 aromatic rings. The Morgan fingerprint density at radius 3 is 3.00 bits per heavy atom. The summed E-state index contributed by atoms with van der Waals surface area (Å²) in [6.45, 7) is 2.45. The van der Waals surface area contributed by atoms with Gasteiger partial charge >= 0.3 is 0 Å². The molecule has 3 rings (SSSR count). The summed E-state index contributed by atoms with van der Waals surface area (Å²) in [5, 5.41) is 15.4.